The number of hydrogen-bond acceptors (Lipinski definition) is 2. The van der Waals surface area contributed by atoms with E-state index in [-0.39, 0.29) is 0 Å². The standard InChI is InChI=1S/C14H21NO/c1-3-16-14-9-5-7-12-11(10-15-2)6-4-8-13(12)14/h5,7,9,11,15H,3-4,6,8,10H2,1-2H3/t11-/m0/s1. The van der Waals surface area contributed by atoms with Gasteiger partial charge in [0.2, 0.25) is 0 Å². The van der Waals surface area contributed by atoms with Crippen LogP contribution in [0.3, 0.4) is 0 Å². The Hall–Kier alpha value is -1.02. The molecule has 0 aromatic heterocycles. The smallest absolute Gasteiger partial charge is 0.122 e. The van der Waals surface area contributed by atoms with E-state index in [9.17, 15) is 0 Å². The Balaban J connectivity index is 2.30. The fourth-order valence-corrected chi connectivity index (χ4v) is 2.66. The van der Waals surface area contributed by atoms with Gasteiger partial charge in [0.1, 0.15) is 5.75 Å². The summed E-state index contributed by atoms with van der Waals surface area (Å²) in [5, 5.41) is 3.29. The fraction of sp³-hybridized carbons (Fsp3) is 0.571. The van der Waals surface area contributed by atoms with Gasteiger partial charge in [-0.3, -0.25) is 0 Å². The average Bonchev–Trinajstić information content (AvgIpc) is 2.31. The zero-order chi connectivity index (χ0) is 11.4. The maximum absolute atomic E-state index is 5.71. The van der Waals surface area contributed by atoms with Crippen LogP contribution in [-0.4, -0.2) is 20.2 Å². The van der Waals surface area contributed by atoms with Crippen molar-refractivity contribution in [3.05, 3.63) is 29.3 Å². The molecule has 1 atom stereocenters. The number of ether oxygens (including phenoxy) is 1. The van der Waals surface area contributed by atoms with Crippen LogP contribution in [0.2, 0.25) is 0 Å². The van der Waals surface area contributed by atoms with Gasteiger partial charge in [-0.2, -0.15) is 0 Å². The summed E-state index contributed by atoms with van der Waals surface area (Å²) in [5.74, 6) is 1.76. The summed E-state index contributed by atoms with van der Waals surface area (Å²) in [6.07, 6.45) is 3.75. The lowest BCUT2D eigenvalue weighted by atomic mass is 9.82. The molecule has 0 unspecified atom stereocenters. The van der Waals surface area contributed by atoms with E-state index in [1.807, 2.05) is 14.0 Å². The molecule has 0 radical (unpaired) electrons. The Labute approximate surface area is 98.0 Å². The molecular formula is C14H21NO. The summed E-state index contributed by atoms with van der Waals surface area (Å²) in [4.78, 5) is 0. The maximum atomic E-state index is 5.71. The highest BCUT2D eigenvalue weighted by molar-refractivity contribution is 5.43. The second-order valence-corrected chi connectivity index (χ2v) is 4.40. The first kappa shape index (κ1) is 11.5. The first-order chi connectivity index (χ1) is 7.86. The van der Waals surface area contributed by atoms with Gasteiger partial charge in [-0.1, -0.05) is 12.1 Å². The van der Waals surface area contributed by atoms with Gasteiger partial charge >= 0.3 is 0 Å². The predicted molar refractivity (Wildman–Crippen MR) is 67.2 cm³/mol. The van der Waals surface area contributed by atoms with E-state index in [1.165, 1.54) is 30.4 Å². The Morgan fingerprint density at radius 2 is 2.31 bits per heavy atom. The van der Waals surface area contributed by atoms with E-state index < -0.39 is 0 Å². The molecule has 0 saturated heterocycles. The van der Waals surface area contributed by atoms with E-state index >= 15 is 0 Å². The molecule has 1 aromatic rings. The molecule has 0 heterocycles. The molecule has 0 spiro atoms. The zero-order valence-corrected chi connectivity index (χ0v) is 10.3. The van der Waals surface area contributed by atoms with Crippen LogP contribution < -0.4 is 10.1 Å². The highest BCUT2D eigenvalue weighted by atomic mass is 16.5. The average molecular weight is 219 g/mol. The van der Waals surface area contributed by atoms with Crippen LogP contribution in [0, 0.1) is 0 Å². The Bertz CT molecular complexity index is 349. The SMILES string of the molecule is CCOc1cccc2c1CCC[C@H]2CNC. The molecular weight excluding hydrogens is 198 g/mol. The monoisotopic (exact) mass is 219 g/mol. The molecule has 88 valence electrons. The molecule has 1 aromatic carbocycles. The van der Waals surface area contributed by atoms with Crippen molar-refractivity contribution >= 4 is 0 Å². The third-order valence-electron chi connectivity index (χ3n) is 3.34. The summed E-state index contributed by atoms with van der Waals surface area (Å²) in [7, 11) is 2.03. The number of nitrogens with one attached hydrogen (secondary N) is 1. The summed E-state index contributed by atoms with van der Waals surface area (Å²) in [6, 6.07) is 6.49. The molecule has 0 aliphatic heterocycles. The Morgan fingerprint density at radius 1 is 1.44 bits per heavy atom. The summed E-state index contributed by atoms with van der Waals surface area (Å²) in [5.41, 5.74) is 2.93. The van der Waals surface area contributed by atoms with Crippen molar-refractivity contribution in [2.24, 2.45) is 0 Å². The first-order valence-electron chi connectivity index (χ1n) is 6.26. The zero-order valence-electron chi connectivity index (χ0n) is 10.3. The van der Waals surface area contributed by atoms with Crippen LogP contribution in [-0.2, 0) is 6.42 Å². The van der Waals surface area contributed by atoms with E-state index in [0.717, 1.165) is 18.9 Å². The van der Waals surface area contributed by atoms with Crippen molar-refractivity contribution in [2.75, 3.05) is 20.2 Å². The second kappa shape index (κ2) is 5.35. The largest absolute Gasteiger partial charge is 0.494 e. The maximum Gasteiger partial charge on any atom is 0.122 e. The van der Waals surface area contributed by atoms with Crippen LogP contribution in [0.15, 0.2) is 18.2 Å². The molecule has 2 heteroatoms. The molecule has 2 rings (SSSR count). The van der Waals surface area contributed by atoms with Crippen LogP contribution >= 0.6 is 0 Å². The highest BCUT2D eigenvalue weighted by Gasteiger charge is 2.21. The van der Waals surface area contributed by atoms with Crippen LogP contribution in [0.25, 0.3) is 0 Å². The number of benzene rings is 1. The van der Waals surface area contributed by atoms with Crippen LogP contribution in [0.1, 0.15) is 36.8 Å². The number of rotatable bonds is 4. The van der Waals surface area contributed by atoms with Gasteiger partial charge in [0, 0.05) is 6.54 Å². The van der Waals surface area contributed by atoms with Crippen molar-refractivity contribution < 1.29 is 4.74 Å². The Kier molecular flexibility index (Phi) is 3.83. The van der Waals surface area contributed by atoms with Gasteiger partial charge in [-0.15, -0.1) is 0 Å². The van der Waals surface area contributed by atoms with Crippen molar-refractivity contribution in [3.63, 3.8) is 0 Å². The molecule has 1 aliphatic carbocycles. The van der Waals surface area contributed by atoms with E-state index in [1.54, 1.807) is 0 Å². The topological polar surface area (TPSA) is 21.3 Å². The number of likely N-dealkylation sites (N-methyl/N-ethyl adjacent to an activating group) is 1. The minimum atomic E-state index is 0.661. The molecule has 0 saturated carbocycles. The highest BCUT2D eigenvalue weighted by Crippen LogP contribution is 2.36. The van der Waals surface area contributed by atoms with Crippen molar-refractivity contribution in [2.45, 2.75) is 32.1 Å². The molecule has 0 amide bonds. The van der Waals surface area contributed by atoms with Crippen molar-refractivity contribution in [1.29, 1.82) is 0 Å². The van der Waals surface area contributed by atoms with Gasteiger partial charge < -0.3 is 10.1 Å². The predicted octanol–water partition coefficient (Wildman–Crippen LogP) is 2.72. The van der Waals surface area contributed by atoms with Crippen LogP contribution in [0.5, 0.6) is 5.75 Å². The normalized spacial score (nSPS) is 19.2. The number of hydrogen-bond donors (Lipinski definition) is 1. The Morgan fingerprint density at radius 3 is 3.06 bits per heavy atom. The molecule has 16 heavy (non-hydrogen) atoms. The van der Waals surface area contributed by atoms with Gasteiger partial charge in [0.05, 0.1) is 6.61 Å². The molecule has 1 N–H and O–H groups in total. The third-order valence-corrected chi connectivity index (χ3v) is 3.34. The molecule has 0 bridgehead atoms. The summed E-state index contributed by atoms with van der Waals surface area (Å²) >= 11 is 0. The van der Waals surface area contributed by atoms with Gasteiger partial charge in [-0.05, 0) is 56.3 Å². The minimum Gasteiger partial charge on any atom is -0.494 e. The molecule has 2 nitrogen and oxygen atoms in total. The third kappa shape index (κ3) is 2.22. The van der Waals surface area contributed by atoms with E-state index in [4.69, 9.17) is 4.74 Å². The van der Waals surface area contributed by atoms with Gasteiger partial charge in [0.15, 0.2) is 0 Å². The first-order valence-corrected chi connectivity index (χ1v) is 6.26. The lowest BCUT2D eigenvalue weighted by Gasteiger charge is -2.27. The lowest BCUT2D eigenvalue weighted by molar-refractivity contribution is 0.333. The van der Waals surface area contributed by atoms with E-state index in [2.05, 4.69) is 23.5 Å². The van der Waals surface area contributed by atoms with Crippen LogP contribution in [0.4, 0.5) is 0 Å². The van der Waals surface area contributed by atoms with Crippen molar-refractivity contribution in [3.8, 4) is 5.75 Å². The fourth-order valence-electron chi connectivity index (χ4n) is 2.66. The number of fused-ring (bicyclic) bond motifs is 1. The minimum absolute atomic E-state index is 0.661. The van der Waals surface area contributed by atoms with Gasteiger partial charge in [0.25, 0.3) is 0 Å². The summed E-state index contributed by atoms with van der Waals surface area (Å²) < 4.78 is 5.71. The molecule has 1 aliphatic rings. The van der Waals surface area contributed by atoms with Crippen molar-refractivity contribution in [1.82, 2.24) is 5.32 Å². The quantitative estimate of drug-likeness (QED) is 0.840. The van der Waals surface area contributed by atoms with E-state index in [0.29, 0.717) is 5.92 Å². The lowest BCUT2D eigenvalue weighted by Crippen LogP contribution is -2.21. The van der Waals surface area contributed by atoms with Gasteiger partial charge in [-0.25, -0.2) is 0 Å². The summed E-state index contributed by atoms with van der Waals surface area (Å²) in [6.45, 7) is 3.88. The molecule has 0 fully saturated rings. The second-order valence-electron chi connectivity index (χ2n) is 4.40.